The minimum absolute atomic E-state index is 0.0679. The van der Waals surface area contributed by atoms with Crippen molar-refractivity contribution in [2.24, 2.45) is 0 Å². The van der Waals surface area contributed by atoms with Crippen molar-refractivity contribution in [3.8, 4) is 0 Å². The fraction of sp³-hybridized carbons (Fsp3) is 0.462. The molecule has 0 saturated heterocycles. The van der Waals surface area contributed by atoms with Crippen molar-refractivity contribution in [3.05, 3.63) is 22.2 Å². The van der Waals surface area contributed by atoms with Crippen molar-refractivity contribution < 1.29 is 13.2 Å². The first-order valence-electron chi connectivity index (χ1n) is 6.54. The van der Waals surface area contributed by atoms with Crippen molar-refractivity contribution in [2.75, 3.05) is 12.3 Å². The molecule has 8 heteroatoms. The van der Waals surface area contributed by atoms with Crippen LogP contribution in [0.25, 0.3) is 0 Å². The third kappa shape index (κ3) is 4.69. The highest BCUT2D eigenvalue weighted by Gasteiger charge is 2.23. The Balaban J connectivity index is 2.97. The van der Waals surface area contributed by atoms with Gasteiger partial charge in [0.2, 0.25) is 15.9 Å². The number of carbonyl (C=O) groups is 1. The van der Waals surface area contributed by atoms with Crippen LogP contribution in [0.2, 0.25) is 0 Å². The van der Waals surface area contributed by atoms with E-state index in [0.29, 0.717) is 22.3 Å². The van der Waals surface area contributed by atoms with E-state index < -0.39 is 16.1 Å². The lowest BCUT2D eigenvalue weighted by Gasteiger charge is -2.16. The topological polar surface area (TPSA) is 101 Å². The van der Waals surface area contributed by atoms with E-state index >= 15 is 0 Å². The van der Waals surface area contributed by atoms with E-state index in [2.05, 4.69) is 26.0 Å². The number of nitrogens with one attached hydrogen (secondary N) is 2. The van der Waals surface area contributed by atoms with Crippen LogP contribution in [-0.4, -0.2) is 26.9 Å². The zero-order valence-corrected chi connectivity index (χ0v) is 14.6. The van der Waals surface area contributed by atoms with Crippen LogP contribution in [0.3, 0.4) is 0 Å². The second kappa shape index (κ2) is 7.24. The number of hydrogen-bond donors (Lipinski definition) is 3. The Bertz CT molecular complexity index is 632. The molecule has 4 N–H and O–H groups in total. The number of rotatable bonds is 6. The Morgan fingerprint density at radius 1 is 1.43 bits per heavy atom. The van der Waals surface area contributed by atoms with Crippen molar-refractivity contribution in [2.45, 2.75) is 38.1 Å². The molecule has 0 radical (unpaired) electrons. The number of nitrogen functional groups attached to an aromatic ring is 1. The summed E-state index contributed by atoms with van der Waals surface area (Å²) in [4.78, 5) is 11.8. The fourth-order valence-electron chi connectivity index (χ4n) is 1.71. The SMILES string of the molecule is CCCNC(=O)C(C)NS(=O)(=O)c1cc(N)c(Br)cc1C. The van der Waals surface area contributed by atoms with Gasteiger partial charge in [-0.2, -0.15) is 4.72 Å². The van der Waals surface area contributed by atoms with Gasteiger partial charge < -0.3 is 11.1 Å². The lowest BCUT2D eigenvalue weighted by Crippen LogP contribution is -2.45. The second-order valence-electron chi connectivity index (χ2n) is 4.77. The molecule has 6 nitrogen and oxygen atoms in total. The molecule has 21 heavy (non-hydrogen) atoms. The minimum Gasteiger partial charge on any atom is -0.398 e. The summed E-state index contributed by atoms with van der Waals surface area (Å²) < 4.78 is 27.7. The number of halogens is 1. The number of aryl methyl sites for hydroxylation is 1. The van der Waals surface area contributed by atoms with Gasteiger partial charge in [-0.15, -0.1) is 0 Å². The van der Waals surface area contributed by atoms with Gasteiger partial charge in [-0.1, -0.05) is 6.92 Å². The Morgan fingerprint density at radius 2 is 2.05 bits per heavy atom. The van der Waals surface area contributed by atoms with Gasteiger partial charge in [0, 0.05) is 16.7 Å². The number of carbonyl (C=O) groups excluding carboxylic acids is 1. The monoisotopic (exact) mass is 377 g/mol. The molecule has 1 unspecified atom stereocenters. The highest BCUT2D eigenvalue weighted by atomic mass is 79.9. The van der Waals surface area contributed by atoms with Crippen LogP contribution >= 0.6 is 15.9 Å². The smallest absolute Gasteiger partial charge is 0.241 e. The van der Waals surface area contributed by atoms with Crippen molar-refractivity contribution in [1.29, 1.82) is 0 Å². The van der Waals surface area contributed by atoms with E-state index in [1.54, 1.807) is 13.0 Å². The maximum Gasteiger partial charge on any atom is 0.241 e. The number of hydrogen-bond acceptors (Lipinski definition) is 4. The summed E-state index contributed by atoms with van der Waals surface area (Å²) >= 11 is 3.25. The zero-order chi connectivity index (χ0) is 16.2. The normalized spacial score (nSPS) is 13.0. The Labute approximate surface area is 133 Å². The van der Waals surface area contributed by atoms with Gasteiger partial charge in [-0.3, -0.25) is 4.79 Å². The lowest BCUT2D eigenvalue weighted by atomic mass is 10.2. The molecule has 0 fully saturated rings. The van der Waals surface area contributed by atoms with Crippen LogP contribution in [0.5, 0.6) is 0 Å². The molecule has 1 amide bonds. The maximum absolute atomic E-state index is 12.3. The molecule has 0 bridgehead atoms. The van der Waals surface area contributed by atoms with Gasteiger partial charge in [0.1, 0.15) is 0 Å². The molecule has 0 saturated carbocycles. The maximum atomic E-state index is 12.3. The van der Waals surface area contributed by atoms with E-state index in [1.807, 2.05) is 6.92 Å². The molecule has 1 atom stereocenters. The van der Waals surface area contributed by atoms with E-state index in [9.17, 15) is 13.2 Å². The average molecular weight is 378 g/mol. The summed E-state index contributed by atoms with van der Waals surface area (Å²) in [5.41, 5.74) is 6.59. The first-order chi connectivity index (χ1) is 9.69. The predicted molar refractivity (Wildman–Crippen MR) is 86.4 cm³/mol. The van der Waals surface area contributed by atoms with Crippen molar-refractivity contribution >= 4 is 37.5 Å². The van der Waals surface area contributed by atoms with Gasteiger partial charge in [-0.05, 0) is 53.9 Å². The Hall–Kier alpha value is -1.12. The highest BCUT2D eigenvalue weighted by molar-refractivity contribution is 9.10. The lowest BCUT2D eigenvalue weighted by molar-refractivity contribution is -0.122. The van der Waals surface area contributed by atoms with Gasteiger partial charge in [-0.25, -0.2) is 8.42 Å². The quantitative estimate of drug-likeness (QED) is 0.654. The number of benzene rings is 1. The van der Waals surface area contributed by atoms with Crippen molar-refractivity contribution in [3.63, 3.8) is 0 Å². The molecule has 0 aliphatic heterocycles. The molecule has 0 aromatic heterocycles. The van der Waals surface area contributed by atoms with Crippen LogP contribution in [0, 0.1) is 6.92 Å². The third-order valence-corrected chi connectivity index (χ3v) is 5.23. The summed E-state index contributed by atoms with van der Waals surface area (Å²) in [5, 5.41) is 2.64. The minimum atomic E-state index is -3.81. The summed E-state index contributed by atoms with van der Waals surface area (Å²) in [7, 11) is -3.81. The number of amides is 1. The van der Waals surface area contributed by atoms with E-state index in [-0.39, 0.29) is 10.8 Å². The van der Waals surface area contributed by atoms with Gasteiger partial charge in [0.05, 0.1) is 10.9 Å². The van der Waals surface area contributed by atoms with Crippen LogP contribution in [0.4, 0.5) is 5.69 Å². The molecule has 1 aromatic carbocycles. The van der Waals surface area contributed by atoms with E-state index in [4.69, 9.17) is 5.73 Å². The van der Waals surface area contributed by atoms with E-state index in [1.165, 1.54) is 13.0 Å². The molecular weight excluding hydrogens is 358 g/mol. The molecular formula is C13H20BrN3O3S. The second-order valence-corrected chi connectivity index (χ2v) is 7.31. The molecule has 0 spiro atoms. The first-order valence-corrected chi connectivity index (χ1v) is 8.82. The number of nitrogens with two attached hydrogens (primary N) is 1. The largest absolute Gasteiger partial charge is 0.398 e. The average Bonchev–Trinajstić information content (AvgIpc) is 2.39. The molecule has 0 heterocycles. The first kappa shape index (κ1) is 17.9. The van der Waals surface area contributed by atoms with Crippen LogP contribution < -0.4 is 15.8 Å². The van der Waals surface area contributed by atoms with Gasteiger partial charge in [0.25, 0.3) is 0 Å². The zero-order valence-electron chi connectivity index (χ0n) is 12.2. The molecule has 1 aromatic rings. The van der Waals surface area contributed by atoms with Gasteiger partial charge >= 0.3 is 0 Å². The van der Waals surface area contributed by atoms with E-state index in [0.717, 1.165) is 6.42 Å². The third-order valence-electron chi connectivity index (χ3n) is 2.86. The Kier molecular flexibility index (Phi) is 6.18. The molecule has 118 valence electrons. The van der Waals surface area contributed by atoms with Crippen LogP contribution in [0.15, 0.2) is 21.5 Å². The number of anilines is 1. The highest BCUT2D eigenvalue weighted by Crippen LogP contribution is 2.26. The number of sulfonamides is 1. The standard InChI is InChI=1S/C13H20BrN3O3S/c1-4-5-16-13(18)9(3)17-21(19,20)12-7-11(15)10(14)6-8(12)2/h6-7,9,17H,4-5,15H2,1-3H3,(H,16,18). The predicted octanol–water partition coefficient (Wildman–Crippen LogP) is 1.53. The van der Waals surface area contributed by atoms with Crippen molar-refractivity contribution in [1.82, 2.24) is 10.0 Å². The fourth-order valence-corrected chi connectivity index (χ4v) is 3.63. The van der Waals surface area contributed by atoms with Gasteiger partial charge in [0.15, 0.2) is 0 Å². The van der Waals surface area contributed by atoms with Crippen LogP contribution in [-0.2, 0) is 14.8 Å². The molecule has 1 rings (SSSR count). The summed E-state index contributed by atoms with van der Waals surface area (Å²) in [6, 6.07) is 2.15. The summed E-state index contributed by atoms with van der Waals surface area (Å²) in [6.07, 6.45) is 0.785. The summed E-state index contributed by atoms with van der Waals surface area (Å²) in [6.45, 7) is 5.60. The molecule has 0 aliphatic carbocycles. The molecule has 0 aliphatic rings. The Morgan fingerprint density at radius 3 is 2.62 bits per heavy atom. The van der Waals surface area contributed by atoms with Crippen LogP contribution in [0.1, 0.15) is 25.8 Å². The summed E-state index contributed by atoms with van der Waals surface area (Å²) in [5.74, 6) is -0.358.